The third-order valence-electron chi connectivity index (χ3n) is 4.04. The van der Waals surface area contributed by atoms with Crippen LogP contribution in [0.1, 0.15) is 22.5 Å². The lowest BCUT2D eigenvalue weighted by molar-refractivity contribution is 0.0954. The summed E-state index contributed by atoms with van der Waals surface area (Å²) in [6.07, 6.45) is 4.50. The molecule has 144 valence electrons. The van der Waals surface area contributed by atoms with Gasteiger partial charge in [0.1, 0.15) is 5.65 Å². The monoisotopic (exact) mass is 397 g/mol. The van der Waals surface area contributed by atoms with Gasteiger partial charge in [-0.15, -0.1) is 0 Å². The van der Waals surface area contributed by atoms with Crippen LogP contribution in [0.4, 0.5) is 0 Å². The summed E-state index contributed by atoms with van der Waals surface area (Å²) in [5, 5.41) is 11.3. The molecule has 8 nitrogen and oxygen atoms in total. The molecule has 0 atom stereocenters. The third-order valence-corrected chi connectivity index (χ3v) is 5.51. The number of hydrogen-bond donors (Lipinski definition) is 2. The molecule has 0 fully saturated rings. The first-order valence-electron chi connectivity index (χ1n) is 8.67. The van der Waals surface area contributed by atoms with Crippen LogP contribution in [-0.2, 0) is 16.4 Å². The van der Waals surface area contributed by atoms with Gasteiger partial charge in [0, 0.05) is 43.9 Å². The van der Waals surface area contributed by atoms with E-state index in [9.17, 15) is 13.2 Å². The molecule has 0 saturated carbocycles. The maximum absolute atomic E-state index is 12.2. The highest BCUT2D eigenvalue weighted by Gasteiger charge is 2.14. The second kappa shape index (κ2) is 8.65. The zero-order chi connectivity index (χ0) is 20.0. The van der Waals surface area contributed by atoms with Gasteiger partial charge < -0.3 is 9.72 Å². The SMILES string of the molecule is N#CCCNS(=O)(=O)c1ccc(C(=O)NCCc2cn3ccccc3n2)cc1. The Balaban J connectivity index is 1.55. The summed E-state index contributed by atoms with van der Waals surface area (Å²) in [5.74, 6) is -0.287. The average molecular weight is 397 g/mol. The Labute approximate surface area is 162 Å². The minimum absolute atomic E-state index is 0.0458. The number of nitrogens with zero attached hydrogens (tertiary/aromatic N) is 3. The van der Waals surface area contributed by atoms with Crippen LogP contribution in [0.15, 0.2) is 59.8 Å². The van der Waals surface area contributed by atoms with E-state index in [0.717, 1.165) is 11.3 Å². The molecule has 3 rings (SSSR count). The Morgan fingerprint density at radius 1 is 1.14 bits per heavy atom. The highest BCUT2D eigenvalue weighted by molar-refractivity contribution is 7.89. The van der Waals surface area contributed by atoms with E-state index in [1.165, 1.54) is 24.3 Å². The normalized spacial score (nSPS) is 11.2. The number of carbonyl (C=O) groups is 1. The van der Waals surface area contributed by atoms with E-state index in [2.05, 4.69) is 15.0 Å². The van der Waals surface area contributed by atoms with Crippen LogP contribution >= 0.6 is 0 Å². The molecule has 1 aromatic carbocycles. The number of pyridine rings is 1. The van der Waals surface area contributed by atoms with Crippen molar-refractivity contribution in [3.05, 3.63) is 66.1 Å². The van der Waals surface area contributed by atoms with E-state index in [4.69, 9.17) is 5.26 Å². The Morgan fingerprint density at radius 3 is 2.64 bits per heavy atom. The first-order valence-corrected chi connectivity index (χ1v) is 10.2. The zero-order valence-corrected chi connectivity index (χ0v) is 15.8. The van der Waals surface area contributed by atoms with Gasteiger partial charge in [0.2, 0.25) is 10.0 Å². The van der Waals surface area contributed by atoms with Crippen molar-refractivity contribution in [2.75, 3.05) is 13.1 Å². The fraction of sp³-hybridized carbons (Fsp3) is 0.211. The lowest BCUT2D eigenvalue weighted by Crippen LogP contribution is -2.26. The summed E-state index contributed by atoms with van der Waals surface area (Å²) in [6, 6.07) is 13.3. The van der Waals surface area contributed by atoms with Gasteiger partial charge in [-0.3, -0.25) is 4.79 Å². The number of benzene rings is 1. The number of hydrogen-bond acceptors (Lipinski definition) is 5. The number of nitriles is 1. The maximum atomic E-state index is 12.2. The summed E-state index contributed by atoms with van der Waals surface area (Å²) >= 11 is 0. The van der Waals surface area contributed by atoms with Crippen LogP contribution in [0, 0.1) is 11.3 Å². The summed E-state index contributed by atoms with van der Waals surface area (Å²) in [5.41, 5.74) is 2.09. The number of amides is 1. The van der Waals surface area contributed by atoms with Gasteiger partial charge in [-0.1, -0.05) is 6.07 Å². The van der Waals surface area contributed by atoms with E-state index in [1.807, 2.05) is 41.1 Å². The molecule has 28 heavy (non-hydrogen) atoms. The molecule has 0 spiro atoms. The lowest BCUT2D eigenvalue weighted by atomic mass is 10.2. The standard InChI is InChI=1S/C19H19N5O3S/c20-10-3-11-22-28(26,27)17-7-5-15(6-8-17)19(25)21-12-9-16-14-24-13-2-1-4-18(24)23-16/h1-2,4-8,13-14,22H,3,9,11-12H2,(H,21,25). The molecule has 3 aromatic rings. The fourth-order valence-electron chi connectivity index (χ4n) is 2.62. The number of sulfonamides is 1. The Morgan fingerprint density at radius 2 is 1.93 bits per heavy atom. The summed E-state index contributed by atoms with van der Waals surface area (Å²) in [6.45, 7) is 0.461. The van der Waals surface area contributed by atoms with Crippen molar-refractivity contribution in [3.63, 3.8) is 0 Å². The Hall–Kier alpha value is -3.22. The van der Waals surface area contributed by atoms with Gasteiger partial charge >= 0.3 is 0 Å². The van der Waals surface area contributed by atoms with Crippen molar-refractivity contribution in [2.45, 2.75) is 17.7 Å². The summed E-state index contributed by atoms with van der Waals surface area (Å²) < 4.78 is 28.4. The Bertz CT molecular complexity index is 1080. The highest BCUT2D eigenvalue weighted by atomic mass is 32.2. The quantitative estimate of drug-likeness (QED) is 0.559. The van der Waals surface area contributed by atoms with Gasteiger partial charge in [0.25, 0.3) is 5.91 Å². The molecule has 0 aliphatic rings. The molecule has 0 unspecified atom stereocenters. The first-order chi connectivity index (χ1) is 13.5. The van der Waals surface area contributed by atoms with Crippen LogP contribution < -0.4 is 10.0 Å². The summed E-state index contributed by atoms with van der Waals surface area (Å²) in [4.78, 5) is 16.8. The van der Waals surface area contributed by atoms with Crippen LogP contribution in [0.25, 0.3) is 5.65 Å². The van der Waals surface area contributed by atoms with Crippen molar-refractivity contribution < 1.29 is 13.2 Å². The second-order valence-electron chi connectivity index (χ2n) is 6.03. The van der Waals surface area contributed by atoms with Crippen molar-refractivity contribution in [2.24, 2.45) is 0 Å². The molecule has 0 saturated heterocycles. The van der Waals surface area contributed by atoms with E-state index in [-0.39, 0.29) is 23.8 Å². The molecule has 1 amide bonds. The molecule has 2 aromatic heterocycles. The van der Waals surface area contributed by atoms with Gasteiger partial charge in [0.05, 0.1) is 16.7 Å². The van der Waals surface area contributed by atoms with Gasteiger partial charge in [0.15, 0.2) is 0 Å². The van der Waals surface area contributed by atoms with E-state index in [1.54, 1.807) is 0 Å². The van der Waals surface area contributed by atoms with Crippen molar-refractivity contribution in [1.82, 2.24) is 19.4 Å². The number of carbonyl (C=O) groups excluding carboxylic acids is 1. The molecule has 0 radical (unpaired) electrons. The molecule has 2 N–H and O–H groups in total. The molecular weight excluding hydrogens is 378 g/mol. The topological polar surface area (TPSA) is 116 Å². The molecule has 0 bridgehead atoms. The molecule has 0 aliphatic heterocycles. The molecule has 2 heterocycles. The number of imidazole rings is 1. The van der Waals surface area contributed by atoms with Gasteiger partial charge in [-0.05, 0) is 36.4 Å². The number of nitrogens with one attached hydrogen (secondary N) is 2. The second-order valence-corrected chi connectivity index (χ2v) is 7.80. The largest absolute Gasteiger partial charge is 0.352 e. The molecule has 0 aliphatic carbocycles. The van der Waals surface area contributed by atoms with Gasteiger partial charge in [-0.2, -0.15) is 5.26 Å². The molecule has 9 heteroatoms. The highest BCUT2D eigenvalue weighted by Crippen LogP contribution is 2.11. The first kappa shape index (κ1) is 19.5. The predicted octanol–water partition coefficient (Wildman–Crippen LogP) is 1.50. The molecular formula is C19H19N5O3S. The minimum Gasteiger partial charge on any atom is -0.352 e. The van der Waals surface area contributed by atoms with E-state index >= 15 is 0 Å². The smallest absolute Gasteiger partial charge is 0.251 e. The van der Waals surface area contributed by atoms with Crippen LogP contribution in [0.5, 0.6) is 0 Å². The van der Waals surface area contributed by atoms with Crippen molar-refractivity contribution in [3.8, 4) is 6.07 Å². The van der Waals surface area contributed by atoms with E-state index < -0.39 is 10.0 Å². The summed E-state index contributed by atoms with van der Waals surface area (Å²) in [7, 11) is -3.68. The average Bonchev–Trinajstić information content (AvgIpc) is 3.11. The number of aromatic nitrogens is 2. The Kier molecular flexibility index (Phi) is 6.03. The fourth-order valence-corrected chi connectivity index (χ4v) is 3.66. The third kappa shape index (κ3) is 4.73. The maximum Gasteiger partial charge on any atom is 0.251 e. The number of fused-ring (bicyclic) bond motifs is 1. The predicted molar refractivity (Wildman–Crippen MR) is 103 cm³/mol. The van der Waals surface area contributed by atoms with Crippen LogP contribution in [0.2, 0.25) is 0 Å². The van der Waals surface area contributed by atoms with Crippen molar-refractivity contribution >= 4 is 21.6 Å². The van der Waals surface area contributed by atoms with Gasteiger partial charge in [-0.25, -0.2) is 18.1 Å². The zero-order valence-electron chi connectivity index (χ0n) is 15.0. The van der Waals surface area contributed by atoms with E-state index in [0.29, 0.717) is 18.5 Å². The minimum atomic E-state index is -3.68. The van der Waals surface area contributed by atoms with Crippen LogP contribution in [0.3, 0.4) is 0 Å². The van der Waals surface area contributed by atoms with Crippen molar-refractivity contribution in [1.29, 1.82) is 5.26 Å². The van der Waals surface area contributed by atoms with Crippen LogP contribution in [-0.4, -0.2) is 36.8 Å². The lowest BCUT2D eigenvalue weighted by Gasteiger charge is -2.07. The number of rotatable bonds is 8.